The first-order valence-electron chi connectivity index (χ1n) is 8.24. The Balaban J connectivity index is 1.53. The summed E-state index contributed by atoms with van der Waals surface area (Å²) in [6.07, 6.45) is 0.128. The zero-order chi connectivity index (χ0) is 17.0. The van der Waals surface area contributed by atoms with E-state index in [2.05, 4.69) is 0 Å². The highest BCUT2D eigenvalue weighted by Crippen LogP contribution is 2.38. The number of benzene rings is 1. The van der Waals surface area contributed by atoms with Crippen molar-refractivity contribution in [2.45, 2.75) is 50.5 Å². The third kappa shape index (κ3) is 4.47. The summed E-state index contributed by atoms with van der Waals surface area (Å²) in [4.78, 5) is 21.1. The van der Waals surface area contributed by atoms with Crippen LogP contribution in [-0.2, 0) is 32.1 Å². The fraction of sp³-hybridized carbons (Fsp3) is 0.647. The first-order valence-corrected chi connectivity index (χ1v) is 8.24. The van der Waals surface area contributed by atoms with Gasteiger partial charge in [0.15, 0.2) is 0 Å². The summed E-state index contributed by atoms with van der Waals surface area (Å²) in [5, 5.41) is 0. The van der Waals surface area contributed by atoms with Crippen LogP contribution in [0.15, 0.2) is 24.3 Å². The van der Waals surface area contributed by atoms with Crippen molar-refractivity contribution in [2.24, 2.45) is 5.92 Å². The van der Waals surface area contributed by atoms with Crippen LogP contribution in [0.5, 0.6) is 0 Å². The second kappa shape index (κ2) is 7.39. The highest BCUT2D eigenvalue weighted by atomic mass is 19.4. The monoisotopic (exact) mass is 346 g/mol. The summed E-state index contributed by atoms with van der Waals surface area (Å²) in [5.74, 6) is -0.471. The smallest absolute Gasteiger partial charge is 0.234 e. The molecule has 0 unspecified atom stereocenters. The summed E-state index contributed by atoms with van der Waals surface area (Å²) in [5.41, 5.74) is 0.301. The van der Waals surface area contributed by atoms with E-state index in [1.165, 1.54) is 0 Å². The molecular weight excluding hydrogens is 325 g/mol. The lowest BCUT2D eigenvalue weighted by Gasteiger charge is -2.37. The van der Waals surface area contributed by atoms with E-state index < -0.39 is 17.5 Å². The van der Waals surface area contributed by atoms with Gasteiger partial charge in [0.25, 0.3) is 0 Å². The minimum Gasteiger partial charge on any atom is -0.234 e. The van der Waals surface area contributed by atoms with E-state index in [4.69, 9.17) is 19.6 Å². The maximum atomic E-state index is 12.6. The van der Waals surface area contributed by atoms with Gasteiger partial charge in [-0.3, -0.25) is 0 Å². The van der Waals surface area contributed by atoms with Crippen LogP contribution in [0.1, 0.15) is 43.2 Å². The average Bonchev–Trinajstić information content (AvgIpc) is 2.53. The van der Waals surface area contributed by atoms with Crippen LogP contribution in [0.25, 0.3) is 0 Å². The lowest BCUT2D eigenvalue weighted by atomic mass is 9.81. The van der Waals surface area contributed by atoms with Gasteiger partial charge in [-0.05, 0) is 42.9 Å². The largest absolute Gasteiger partial charge is 0.416 e. The molecule has 1 spiro atoms. The van der Waals surface area contributed by atoms with Crippen LogP contribution in [0.2, 0.25) is 0 Å². The van der Waals surface area contributed by atoms with Gasteiger partial charge in [-0.2, -0.15) is 22.9 Å². The quantitative estimate of drug-likeness (QED) is 0.742. The second-order valence-corrected chi connectivity index (χ2v) is 6.42. The molecule has 0 amide bonds. The van der Waals surface area contributed by atoms with Gasteiger partial charge >= 0.3 is 6.18 Å². The third-order valence-corrected chi connectivity index (χ3v) is 4.55. The van der Waals surface area contributed by atoms with Crippen molar-refractivity contribution in [3.8, 4) is 0 Å². The van der Waals surface area contributed by atoms with Crippen molar-refractivity contribution in [3.63, 3.8) is 0 Å². The SMILES string of the molecule is FC(F)(F)c1ccc(CC2CCC3(CC2)OOCCCOO3)cc1. The summed E-state index contributed by atoms with van der Waals surface area (Å²) in [7, 11) is 0. The zero-order valence-corrected chi connectivity index (χ0v) is 13.3. The van der Waals surface area contributed by atoms with Gasteiger partial charge in [-0.1, -0.05) is 12.1 Å². The summed E-state index contributed by atoms with van der Waals surface area (Å²) in [6.45, 7) is 0.945. The van der Waals surface area contributed by atoms with Gasteiger partial charge in [0.1, 0.15) is 0 Å². The molecule has 1 aromatic carbocycles. The summed E-state index contributed by atoms with van der Waals surface area (Å²) >= 11 is 0. The van der Waals surface area contributed by atoms with E-state index in [-0.39, 0.29) is 0 Å². The molecule has 0 bridgehead atoms. The van der Waals surface area contributed by atoms with Crippen LogP contribution >= 0.6 is 0 Å². The molecule has 1 aromatic rings. The topological polar surface area (TPSA) is 36.9 Å². The molecule has 1 aliphatic heterocycles. The fourth-order valence-corrected chi connectivity index (χ4v) is 3.14. The van der Waals surface area contributed by atoms with Crippen LogP contribution in [-0.4, -0.2) is 19.0 Å². The first kappa shape index (κ1) is 17.7. The Bertz CT molecular complexity index is 512. The Hall–Kier alpha value is -1.15. The molecule has 1 aliphatic carbocycles. The lowest BCUT2D eigenvalue weighted by Crippen LogP contribution is -2.41. The van der Waals surface area contributed by atoms with E-state index >= 15 is 0 Å². The molecule has 24 heavy (non-hydrogen) atoms. The predicted molar refractivity (Wildman–Crippen MR) is 78.5 cm³/mol. The Labute approximate surface area is 138 Å². The van der Waals surface area contributed by atoms with Crippen LogP contribution < -0.4 is 0 Å². The highest BCUT2D eigenvalue weighted by molar-refractivity contribution is 5.25. The minimum absolute atomic E-state index is 0.380. The lowest BCUT2D eigenvalue weighted by molar-refractivity contribution is -0.528. The Morgan fingerprint density at radius 2 is 1.54 bits per heavy atom. The van der Waals surface area contributed by atoms with E-state index in [0.29, 0.717) is 38.4 Å². The summed E-state index contributed by atoms with van der Waals surface area (Å²) < 4.78 is 37.8. The zero-order valence-electron chi connectivity index (χ0n) is 13.3. The molecule has 1 saturated carbocycles. The van der Waals surface area contributed by atoms with E-state index in [9.17, 15) is 13.2 Å². The van der Waals surface area contributed by atoms with E-state index in [0.717, 1.165) is 37.0 Å². The normalized spacial score (nSPS) is 23.0. The standard InChI is InChI=1S/C17H21F3O4/c18-17(19,20)15-4-2-13(3-5-15)12-14-6-8-16(9-7-14)23-21-10-1-11-22-24-16/h2-5,14H,1,6-12H2. The fourth-order valence-electron chi connectivity index (χ4n) is 3.14. The maximum Gasteiger partial charge on any atom is 0.416 e. The molecule has 1 heterocycles. The molecule has 2 fully saturated rings. The minimum atomic E-state index is -4.29. The predicted octanol–water partition coefficient (Wildman–Crippen LogP) is 4.43. The van der Waals surface area contributed by atoms with E-state index in [1.807, 2.05) is 0 Å². The molecule has 0 aromatic heterocycles. The molecule has 4 nitrogen and oxygen atoms in total. The Kier molecular flexibility index (Phi) is 5.44. The Morgan fingerprint density at radius 3 is 2.08 bits per heavy atom. The number of hydrogen-bond acceptors (Lipinski definition) is 4. The van der Waals surface area contributed by atoms with Crippen LogP contribution in [0.4, 0.5) is 13.2 Å². The van der Waals surface area contributed by atoms with Gasteiger partial charge in [-0.15, -0.1) is 0 Å². The van der Waals surface area contributed by atoms with Gasteiger partial charge in [-0.25, -0.2) is 9.78 Å². The van der Waals surface area contributed by atoms with Crippen LogP contribution in [0, 0.1) is 5.92 Å². The van der Waals surface area contributed by atoms with Crippen molar-refractivity contribution in [1.29, 1.82) is 0 Å². The summed E-state index contributed by atoms with van der Waals surface area (Å²) in [6, 6.07) is 5.40. The van der Waals surface area contributed by atoms with Gasteiger partial charge in [0, 0.05) is 19.3 Å². The average molecular weight is 346 g/mol. The van der Waals surface area contributed by atoms with Crippen molar-refractivity contribution in [2.75, 3.05) is 13.2 Å². The van der Waals surface area contributed by atoms with Gasteiger partial charge < -0.3 is 0 Å². The number of halogens is 3. The first-order chi connectivity index (χ1) is 11.5. The third-order valence-electron chi connectivity index (χ3n) is 4.55. The van der Waals surface area contributed by atoms with Crippen molar-refractivity contribution >= 4 is 0 Å². The molecule has 2 aliphatic rings. The number of alkyl halides is 3. The van der Waals surface area contributed by atoms with Crippen molar-refractivity contribution in [3.05, 3.63) is 35.4 Å². The molecule has 134 valence electrons. The van der Waals surface area contributed by atoms with E-state index in [1.54, 1.807) is 12.1 Å². The highest BCUT2D eigenvalue weighted by Gasteiger charge is 2.41. The van der Waals surface area contributed by atoms with Crippen molar-refractivity contribution < 1.29 is 32.7 Å². The van der Waals surface area contributed by atoms with Crippen molar-refractivity contribution in [1.82, 2.24) is 0 Å². The maximum absolute atomic E-state index is 12.6. The Morgan fingerprint density at radius 1 is 0.958 bits per heavy atom. The number of hydrogen-bond donors (Lipinski definition) is 0. The molecule has 0 atom stereocenters. The van der Waals surface area contributed by atoms with Gasteiger partial charge in [0.05, 0.1) is 18.8 Å². The molecule has 3 rings (SSSR count). The second-order valence-electron chi connectivity index (χ2n) is 6.42. The number of rotatable bonds is 2. The van der Waals surface area contributed by atoms with Gasteiger partial charge in [0.2, 0.25) is 5.79 Å². The molecule has 0 radical (unpaired) electrons. The van der Waals surface area contributed by atoms with Crippen LogP contribution in [0.3, 0.4) is 0 Å². The molecule has 1 saturated heterocycles. The molecule has 7 heteroatoms. The molecular formula is C17H21F3O4. The molecule has 0 N–H and O–H groups in total.